The number of H-pyrrole nitrogens is 1. The predicted molar refractivity (Wildman–Crippen MR) is 94.0 cm³/mol. The molecule has 0 saturated carbocycles. The molecule has 0 bridgehead atoms. The summed E-state index contributed by atoms with van der Waals surface area (Å²) in [5.74, 6) is 0. The van der Waals surface area contributed by atoms with E-state index in [-0.39, 0.29) is 24.2 Å². The van der Waals surface area contributed by atoms with Gasteiger partial charge in [-0.05, 0) is 49.4 Å². The Morgan fingerprint density at radius 1 is 1.33 bits per heavy atom. The van der Waals surface area contributed by atoms with E-state index >= 15 is 0 Å². The van der Waals surface area contributed by atoms with Crippen LogP contribution in [0.3, 0.4) is 0 Å². The van der Waals surface area contributed by atoms with E-state index in [2.05, 4.69) is 22.4 Å². The van der Waals surface area contributed by atoms with Crippen LogP contribution in [-0.4, -0.2) is 23.0 Å². The third-order valence-corrected chi connectivity index (χ3v) is 4.80. The second-order valence-electron chi connectivity index (χ2n) is 6.47. The molecule has 1 aromatic carbocycles. The average molecular weight is 325 g/mol. The first-order valence-corrected chi connectivity index (χ1v) is 8.25. The fourth-order valence-corrected chi connectivity index (χ4v) is 3.47. The summed E-state index contributed by atoms with van der Waals surface area (Å²) in [6.45, 7) is 3.97. The van der Waals surface area contributed by atoms with Gasteiger partial charge in [-0.25, -0.2) is 4.79 Å². The Morgan fingerprint density at radius 3 is 2.83 bits per heavy atom. The van der Waals surface area contributed by atoms with Crippen LogP contribution in [0.5, 0.6) is 0 Å². The number of aromatic nitrogens is 1. The van der Waals surface area contributed by atoms with E-state index in [9.17, 15) is 9.59 Å². The quantitative estimate of drug-likeness (QED) is 0.911. The molecule has 0 spiro atoms. The fourth-order valence-electron chi connectivity index (χ4n) is 3.47. The highest BCUT2D eigenvalue weighted by Crippen LogP contribution is 2.34. The van der Waals surface area contributed by atoms with Crippen molar-refractivity contribution in [2.45, 2.75) is 39.3 Å². The highest BCUT2D eigenvalue weighted by molar-refractivity contribution is 5.74. The van der Waals surface area contributed by atoms with Crippen LogP contribution in [0.4, 0.5) is 4.79 Å². The zero-order valence-corrected chi connectivity index (χ0v) is 14.3. The zero-order valence-electron chi connectivity index (χ0n) is 14.3. The third-order valence-electron chi connectivity index (χ3n) is 4.80. The number of nitrogens with zero attached hydrogens (tertiary/aromatic N) is 1. The van der Waals surface area contributed by atoms with Crippen LogP contribution in [-0.2, 0) is 13.0 Å². The number of amides is 2. The Hall–Kier alpha value is -2.56. The maximum absolute atomic E-state index is 12.5. The van der Waals surface area contributed by atoms with Crippen LogP contribution in [0.1, 0.15) is 40.4 Å². The molecule has 1 aliphatic rings. The summed E-state index contributed by atoms with van der Waals surface area (Å²) < 4.78 is 0. The first kappa shape index (κ1) is 16.3. The van der Waals surface area contributed by atoms with E-state index in [1.54, 1.807) is 4.90 Å². The predicted octanol–water partition coefficient (Wildman–Crippen LogP) is 2.82. The lowest BCUT2D eigenvalue weighted by atomic mass is 10.1. The lowest BCUT2D eigenvalue weighted by Gasteiger charge is -2.25. The van der Waals surface area contributed by atoms with E-state index < -0.39 is 0 Å². The number of hydrogen-bond donors (Lipinski definition) is 2. The molecule has 2 N–H and O–H groups in total. The molecule has 3 rings (SSSR count). The van der Waals surface area contributed by atoms with Crippen molar-refractivity contribution in [1.82, 2.24) is 15.2 Å². The fraction of sp³-hybridized carbons (Fsp3) is 0.368. The van der Waals surface area contributed by atoms with Gasteiger partial charge in [-0.3, -0.25) is 4.79 Å². The maximum atomic E-state index is 12.5. The molecule has 0 fully saturated rings. The number of fused-ring (bicyclic) bond motifs is 1. The Morgan fingerprint density at radius 2 is 2.08 bits per heavy atom. The highest BCUT2D eigenvalue weighted by atomic mass is 16.2. The van der Waals surface area contributed by atoms with Crippen LogP contribution in [0.2, 0.25) is 0 Å². The lowest BCUT2D eigenvalue weighted by molar-refractivity contribution is 0.189. The van der Waals surface area contributed by atoms with Crippen molar-refractivity contribution >= 4 is 6.03 Å². The summed E-state index contributed by atoms with van der Waals surface area (Å²) >= 11 is 0. The van der Waals surface area contributed by atoms with Crippen molar-refractivity contribution < 1.29 is 4.79 Å². The SMILES string of the molecule is Cc1cc(C)c(CNC(=O)N(C)[C@@H]2CCc3ccccc32)c(=O)[nH]1. The number of nitrogens with one attached hydrogen (secondary N) is 2. The Labute approximate surface area is 141 Å². The van der Waals surface area contributed by atoms with E-state index in [4.69, 9.17) is 0 Å². The molecular formula is C19H23N3O2. The molecule has 126 valence electrons. The van der Waals surface area contributed by atoms with Gasteiger partial charge in [0.15, 0.2) is 0 Å². The number of hydrogen-bond acceptors (Lipinski definition) is 2. The Bertz CT molecular complexity index is 826. The van der Waals surface area contributed by atoms with E-state index in [0.717, 1.165) is 24.1 Å². The lowest BCUT2D eigenvalue weighted by Crippen LogP contribution is -2.39. The molecule has 0 saturated heterocycles. The molecule has 1 aromatic heterocycles. The van der Waals surface area contributed by atoms with Crippen LogP contribution < -0.4 is 10.9 Å². The summed E-state index contributed by atoms with van der Waals surface area (Å²) in [5.41, 5.74) is 4.72. The number of carbonyl (C=O) groups is 1. The number of urea groups is 1. The van der Waals surface area contributed by atoms with Crippen molar-refractivity contribution in [2.75, 3.05) is 7.05 Å². The molecule has 0 unspecified atom stereocenters. The van der Waals surface area contributed by atoms with E-state index in [1.807, 2.05) is 39.1 Å². The number of aryl methyl sites for hydroxylation is 3. The smallest absolute Gasteiger partial charge is 0.317 e. The molecular weight excluding hydrogens is 302 g/mol. The van der Waals surface area contributed by atoms with Gasteiger partial charge in [0.1, 0.15) is 0 Å². The summed E-state index contributed by atoms with van der Waals surface area (Å²) in [6.07, 6.45) is 1.93. The molecule has 5 nitrogen and oxygen atoms in total. The van der Waals surface area contributed by atoms with Gasteiger partial charge < -0.3 is 15.2 Å². The van der Waals surface area contributed by atoms with Crippen LogP contribution in [0.15, 0.2) is 35.1 Å². The second-order valence-corrected chi connectivity index (χ2v) is 6.47. The second kappa shape index (κ2) is 6.51. The molecule has 1 aliphatic carbocycles. The normalized spacial score (nSPS) is 15.9. The average Bonchev–Trinajstić information content (AvgIpc) is 2.96. The number of rotatable bonds is 3. The molecule has 1 heterocycles. The Kier molecular flexibility index (Phi) is 4.42. The molecule has 0 radical (unpaired) electrons. The summed E-state index contributed by atoms with van der Waals surface area (Å²) in [5, 5.41) is 2.87. The summed E-state index contributed by atoms with van der Waals surface area (Å²) in [4.78, 5) is 29.1. The monoisotopic (exact) mass is 325 g/mol. The van der Waals surface area contributed by atoms with Crippen molar-refractivity contribution in [3.63, 3.8) is 0 Å². The largest absolute Gasteiger partial charge is 0.334 e. The number of pyridine rings is 1. The Balaban J connectivity index is 1.69. The zero-order chi connectivity index (χ0) is 17.3. The van der Waals surface area contributed by atoms with Crippen LogP contribution >= 0.6 is 0 Å². The van der Waals surface area contributed by atoms with Gasteiger partial charge in [0.25, 0.3) is 5.56 Å². The molecule has 1 atom stereocenters. The minimum atomic E-state index is -0.156. The number of aromatic amines is 1. The van der Waals surface area contributed by atoms with Gasteiger partial charge in [-0.2, -0.15) is 0 Å². The third kappa shape index (κ3) is 3.07. The topological polar surface area (TPSA) is 65.2 Å². The highest BCUT2D eigenvalue weighted by Gasteiger charge is 2.28. The minimum absolute atomic E-state index is 0.0959. The van der Waals surface area contributed by atoms with Crippen LogP contribution in [0.25, 0.3) is 0 Å². The van der Waals surface area contributed by atoms with Crippen molar-refractivity contribution in [3.05, 3.63) is 68.6 Å². The molecule has 2 amide bonds. The molecule has 2 aromatic rings. The van der Waals surface area contributed by atoms with Crippen molar-refractivity contribution in [1.29, 1.82) is 0 Å². The molecule has 24 heavy (non-hydrogen) atoms. The van der Waals surface area contributed by atoms with Gasteiger partial charge in [0.2, 0.25) is 0 Å². The summed E-state index contributed by atoms with van der Waals surface area (Å²) in [6, 6.07) is 10.1. The first-order chi connectivity index (χ1) is 11.5. The van der Waals surface area contributed by atoms with Gasteiger partial charge in [0.05, 0.1) is 12.6 Å². The van der Waals surface area contributed by atoms with Crippen molar-refractivity contribution in [2.24, 2.45) is 0 Å². The molecule has 0 aliphatic heterocycles. The van der Waals surface area contributed by atoms with Gasteiger partial charge in [0, 0.05) is 18.3 Å². The number of benzene rings is 1. The standard InChI is InChI=1S/C19H23N3O2/c1-12-10-13(2)21-18(23)16(12)11-20-19(24)22(3)17-9-8-14-6-4-5-7-15(14)17/h4-7,10,17H,8-9,11H2,1-3H3,(H,20,24)(H,21,23)/t17-/m1/s1. The number of carbonyl (C=O) groups excluding carboxylic acids is 1. The van der Waals surface area contributed by atoms with E-state index in [0.29, 0.717) is 5.56 Å². The van der Waals surface area contributed by atoms with Gasteiger partial charge in [-0.1, -0.05) is 24.3 Å². The maximum Gasteiger partial charge on any atom is 0.317 e. The summed E-state index contributed by atoms with van der Waals surface area (Å²) in [7, 11) is 1.81. The van der Waals surface area contributed by atoms with Crippen LogP contribution in [0, 0.1) is 13.8 Å². The van der Waals surface area contributed by atoms with Gasteiger partial charge >= 0.3 is 6.03 Å². The minimum Gasteiger partial charge on any atom is -0.334 e. The van der Waals surface area contributed by atoms with Crippen molar-refractivity contribution in [3.8, 4) is 0 Å². The molecule has 5 heteroatoms. The first-order valence-electron chi connectivity index (χ1n) is 8.25. The van der Waals surface area contributed by atoms with Gasteiger partial charge in [-0.15, -0.1) is 0 Å². The van der Waals surface area contributed by atoms with E-state index in [1.165, 1.54) is 11.1 Å².